The van der Waals surface area contributed by atoms with Gasteiger partial charge in [-0.25, -0.2) is 9.67 Å². The molecule has 0 saturated carbocycles. The van der Waals surface area contributed by atoms with Crippen LogP contribution in [0.3, 0.4) is 0 Å². The van der Waals surface area contributed by atoms with E-state index in [2.05, 4.69) is 26.0 Å². The molecule has 0 fully saturated rings. The molecule has 0 bridgehead atoms. The summed E-state index contributed by atoms with van der Waals surface area (Å²) in [5.74, 6) is 0.0552. The molecule has 0 spiro atoms. The van der Waals surface area contributed by atoms with Crippen LogP contribution >= 0.6 is 27.3 Å². The van der Waals surface area contributed by atoms with Crippen LogP contribution in [0, 0.1) is 0 Å². The lowest BCUT2D eigenvalue weighted by molar-refractivity contribution is -0.142. The predicted octanol–water partition coefficient (Wildman–Crippen LogP) is 6.15. The zero-order valence-corrected chi connectivity index (χ0v) is 16.4. The number of rotatable bonds is 3. The summed E-state index contributed by atoms with van der Waals surface area (Å²) in [5.41, 5.74) is 0.939. The minimum Gasteiger partial charge on any atom is -0.508 e. The standard InChI is InChI=1S/C19H11BrF3N3OS/c20-13-6-4-11(5-7-13)15-9-17(19(21,22)23)26(25-15)18-24-16(10-28-18)12-2-1-3-14(27)8-12/h1-10,27H. The molecule has 0 saturated heterocycles. The molecular weight excluding hydrogens is 455 g/mol. The van der Waals surface area contributed by atoms with Gasteiger partial charge in [0.25, 0.3) is 0 Å². The fourth-order valence-corrected chi connectivity index (χ4v) is 3.71. The number of halogens is 4. The van der Waals surface area contributed by atoms with Crippen molar-refractivity contribution >= 4 is 27.3 Å². The third-order valence-corrected chi connectivity index (χ3v) is 5.30. The van der Waals surface area contributed by atoms with E-state index < -0.39 is 11.9 Å². The Labute approximate surface area is 170 Å². The van der Waals surface area contributed by atoms with E-state index in [-0.39, 0.29) is 16.6 Å². The van der Waals surface area contributed by atoms with Crippen LogP contribution in [0.2, 0.25) is 0 Å². The van der Waals surface area contributed by atoms with Gasteiger partial charge in [-0.2, -0.15) is 18.3 Å². The summed E-state index contributed by atoms with van der Waals surface area (Å²) in [6.45, 7) is 0. The summed E-state index contributed by atoms with van der Waals surface area (Å²) in [6.07, 6.45) is -4.59. The first-order chi connectivity index (χ1) is 13.3. The number of phenolic OH excluding ortho intramolecular Hbond substituents is 1. The molecular formula is C19H11BrF3N3OS. The molecule has 2 aromatic carbocycles. The summed E-state index contributed by atoms with van der Waals surface area (Å²) in [4.78, 5) is 4.29. The molecule has 142 valence electrons. The normalized spacial score (nSPS) is 11.7. The van der Waals surface area contributed by atoms with E-state index in [1.807, 2.05) is 0 Å². The van der Waals surface area contributed by atoms with Crippen LogP contribution in [-0.4, -0.2) is 19.9 Å². The Bertz CT molecular complexity index is 1140. The van der Waals surface area contributed by atoms with Crippen molar-refractivity contribution in [2.45, 2.75) is 6.18 Å². The average molecular weight is 466 g/mol. The second kappa shape index (κ2) is 7.06. The van der Waals surface area contributed by atoms with Crippen LogP contribution in [0.5, 0.6) is 5.75 Å². The SMILES string of the molecule is Oc1cccc(-c2csc(-n3nc(-c4ccc(Br)cc4)cc3C(F)(F)F)n2)c1. The van der Waals surface area contributed by atoms with Crippen molar-refractivity contribution in [1.29, 1.82) is 0 Å². The molecule has 4 nitrogen and oxygen atoms in total. The lowest BCUT2D eigenvalue weighted by Gasteiger charge is -2.07. The number of nitrogens with zero attached hydrogens (tertiary/aromatic N) is 3. The number of hydrogen-bond donors (Lipinski definition) is 1. The van der Waals surface area contributed by atoms with Crippen LogP contribution < -0.4 is 0 Å². The minimum atomic E-state index is -4.59. The summed E-state index contributed by atoms with van der Waals surface area (Å²) in [6, 6.07) is 14.3. The maximum absolute atomic E-state index is 13.6. The van der Waals surface area contributed by atoms with Gasteiger partial charge in [0.2, 0.25) is 5.13 Å². The lowest BCUT2D eigenvalue weighted by Crippen LogP contribution is -2.13. The Hall–Kier alpha value is -2.65. The van der Waals surface area contributed by atoms with Crippen LogP contribution in [-0.2, 0) is 6.18 Å². The smallest absolute Gasteiger partial charge is 0.433 e. The number of thiazole rings is 1. The van der Waals surface area contributed by atoms with E-state index in [0.29, 0.717) is 16.8 Å². The monoisotopic (exact) mass is 465 g/mol. The number of aromatic nitrogens is 3. The first kappa shape index (κ1) is 18.7. The molecule has 9 heteroatoms. The van der Waals surface area contributed by atoms with Crippen molar-refractivity contribution in [3.05, 3.63) is 70.1 Å². The maximum atomic E-state index is 13.6. The first-order valence-electron chi connectivity index (χ1n) is 8.00. The number of aromatic hydroxyl groups is 1. The second-order valence-corrected chi connectivity index (χ2v) is 7.65. The fourth-order valence-electron chi connectivity index (χ4n) is 2.65. The maximum Gasteiger partial charge on any atom is 0.433 e. The molecule has 28 heavy (non-hydrogen) atoms. The third-order valence-electron chi connectivity index (χ3n) is 3.95. The van der Waals surface area contributed by atoms with Gasteiger partial charge in [-0.15, -0.1) is 11.3 Å². The van der Waals surface area contributed by atoms with Crippen molar-refractivity contribution in [1.82, 2.24) is 14.8 Å². The molecule has 0 aliphatic carbocycles. The number of alkyl halides is 3. The van der Waals surface area contributed by atoms with Gasteiger partial charge in [-0.3, -0.25) is 0 Å². The number of phenols is 1. The molecule has 0 aliphatic rings. The van der Waals surface area contributed by atoms with E-state index in [1.54, 1.807) is 41.8 Å². The van der Waals surface area contributed by atoms with Gasteiger partial charge in [-0.05, 0) is 30.3 Å². The summed E-state index contributed by atoms with van der Waals surface area (Å²) >= 11 is 4.35. The molecule has 4 rings (SSSR count). The fraction of sp³-hybridized carbons (Fsp3) is 0.0526. The second-order valence-electron chi connectivity index (χ2n) is 5.90. The molecule has 0 atom stereocenters. The predicted molar refractivity (Wildman–Crippen MR) is 104 cm³/mol. The van der Waals surface area contributed by atoms with E-state index in [9.17, 15) is 18.3 Å². The van der Waals surface area contributed by atoms with Gasteiger partial charge in [0.1, 0.15) is 5.75 Å². The summed E-state index contributed by atoms with van der Waals surface area (Å²) < 4.78 is 42.4. The Morgan fingerprint density at radius 3 is 2.39 bits per heavy atom. The van der Waals surface area contributed by atoms with Gasteiger partial charge in [0.15, 0.2) is 5.69 Å². The topological polar surface area (TPSA) is 50.9 Å². The van der Waals surface area contributed by atoms with E-state index >= 15 is 0 Å². The van der Waals surface area contributed by atoms with Crippen molar-refractivity contribution in [2.24, 2.45) is 0 Å². The first-order valence-corrected chi connectivity index (χ1v) is 9.67. The summed E-state index contributed by atoms with van der Waals surface area (Å²) in [5, 5.41) is 15.5. The van der Waals surface area contributed by atoms with Gasteiger partial charge in [0, 0.05) is 21.0 Å². The van der Waals surface area contributed by atoms with Gasteiger partial charge in [0.05, 0.1) is 11.4 Å². The number of benzene rings is 2. The zero-order chi connectivity index (χ0) is 19.9. The number of hydrogen-bond acceptors (Lipinski definition) is 4. The molecule has 1 N–H and O–H groups in total. The van der Waals surface area contributed by atoms with Crippen molar-refractivity contribution < 1.29 is 18.3 Å². The Balaban J connectivity index is 1.80. The molecule has 0 radical (unpaired) electrons. The average Bonchev–Trinajstić information content (AvgIpc) is 3.29. The van der Waals surface area contributed by atoms with Crippen LogP contribution in [0.1, 0.15) is 5.69 Å². The molecule has 0 amide bonds. The van der Waals surface area contributed by atoms with Gasteiger partial charge in [-0.1, -0.05) is 40.2 Å². The van der Waals surface area contributed by atoms with Gasteiger partial charge < -0.3 is 5.11 Å². The largest absolute Gasteiger partial charge is 0.508 e. The van der Waals surface area contributed by atoms with Crippen molar-refractivity contribution in [2.75, 3.05) is 0 Å². The minimum absolute atomic E-state index is 0.0552. The van der Waals surface area contributed by atoms with Crippen molar-refractivity contribution in [3.8, 4) is 33.4 Å². The Morgan fingerprint density at radius 2 is 1.71 bits per heavy atom. The zero-order valence-electron chi connectivity index (χ0n) is 14.0. The third kappa shape index (κ3) is 3.67. The van der Waals surface area contributed by atoms with Crippen LogP contribution in [0.15, 0.2) is 64.5 Å². The lowest BCUT2D eigenvalue weighted by atomic mass is 10.1. The Kier molecular flexibility index (Phi) is 4.72. The highest BCUT2D eigenvalue weighted by atomic mass is 79.9. The highest BCUT2D eigenvalue weighted by molar-refractivity contribution is 9.10. The van der Waals surface area contributed by atoms with Crippen LogP contribution in [0.4, 0.5) is 13.2 Å². The van der Waals surface area contributed by atoms with Crippen LogP contribution in [0.25, 0.3) is 27.6 Å². The quantitative estimate of drug-likeness (QED) is 0.394. The molecule has 4 aromatic rings. The molecule has 2 aromatic heterocycles. The summed E-state index contributed by atoms with van der Waals surface area (Å²) in [7, 11) is 0. The molecule has 0 unspecified atom stereocenters. The van der Waals surface area contributed by atoms with Gasteiger partial charge >= 0.3 is 6.18 Å². The highest BCUT2D eigenvalue weighted by Crippen LogP contribution is 2.36. The Morgan fingerprint density at radius 1 is 0.964 bits per heavy atom. The van der Waals surface area contributed by atoms with E-state index in [1.165, 1.54) is 12.1 Å². The molecule has 2 heterocycles. The van der Waals surface area contributed by atoms with E-state index in [4.69, 9.17) is 0 Å². The highest BCUT2D eigenvalue weighted by Gasteiger charge is 2.37. The molecule has 0 aliphatic heterocycles. The van der Waals surface area contributed by atoms with E-state index in [0.717, 1.165) is 26.6 Å². The van der Waals surface area contributed by atoms with Crippen molar-refractivity contribution in [3.63, 3.8) is 0 Å².